The summed E-state index contributed by atoms with van der Waals surface area (Å²) < 4.78 is 5.85. The van der Waals surface area contributed by atoms with Gasteiger partial charge >= 0.3 is 0 Å². The summed E-state index contributed by atoms with van der Waals surface area (Å²) in [7, 11) is 0. The van der Waals surface area contributed by atoms with Crippen LogP contribution in [0.5, 0.6) is 0 Å². The Morgan fingerprint density at radius 3 is 2.45 bits per heavy atom. The minimum atomic E-state index is -0.440. The van der Waals surface area contributed by atoms with Crippen molar-refractivity contribution in [2.45, 2.75) is 51.5 Å². The van der Waals surface area contributed by atoms with Crippen molar-refractivity contribution < 1.29 is 14.1 Å². The number of rotatable bonds is 6. The Kier molecular flexibility index (Phi) is 6.60. The maximum Gasteiger partial charge on any atom is 0.269 e. The van der Waals surface area contributed by atoms with Crippen LogP contribution in [0.15, 0.2) is 28.7 Å². The molecule has 1 aliphatic carbocycles. The van der Waals surface area contributed by atoms with E-state index in [-0.39, 0.29) is 17.6 Å². The number of aromatic nitrogens is 2. The van der Waals surface area contributed by atoms with E-state index < -0.39 is 4.92 Å². The van der Waals surface area contributed by atoms with Crippen molar-refractivity contribution in [3.63, 3.8) is 0 Å². The Balaban J connectivity index is 1.31. The molecule has 0 radical (unpaired) electrons. The smallest absolute Gasteiger partial charge is 0.269 e. The van der Waals surface area contributed by atoms with Crippen molar-refractivity contribution in [3.05, 3.63) is 40.3 Å². The second-order valence-corrected chi connectivity index (χ2v) is 8.55. The number of carbonyl (C=O) groups is 1. The average Bonchev–Trinajstić information content (AvgIpc) is 3.30. The molecular weight excluding hydrogens is 398 g/mol. The number of carbonyl (C=O) groups excluding carboxylic acids is 1. The summed E-state index contributed by atoms with van der Waals surface area (Å²) in [4.78, 5) is 27.3. The molecule has 1 aromatic carbocycles. The quantitative estimate of drug-likeness (QED) is 0.509. The van der Waals surface area contributed by atoms with Gasteiger partial charge in [0.15, 0.2) is 0 Å². The zero-order chi connectivity index (χ0) is 21.8. The molecule has 2 heterocycles. The zero-order valence-corrected chi connectivity index (χ0v) is 17.9. The molecule has 1 amide bonds. The van der Waals surface area contributed by atoms with E-state index in [4.69, 9.17) is 4.42 Å². The van der Waals surface area contributed by atoms with Gasteiger partial charge in [0.25, 0.3) is 5.69 Å². The number of hydrogen-bond donors (Lipinski definition) is 0. The molecule has 1 atom stereocenters. The predicted molar refractivity (Wildman–Crippen MR) is 114 cm³/mol. The van der Waals surface area contributed by atoms with Gasteiger partial charge in [-0.25, -0.2) is 0 Å². The van der Waals surface area contributed by atoms with Gasteiger partial charge in [0.1, 0.15) is 0 Å². The van der Waals surface area contributed by atoms with Crippen molar-refractivity contribution in [2.75, 3.05) is 26.2 Å². The molecule has 0 N–H and O–H groups in total. The van der Waals surface area contributed by atoms with Crippen molar-refractivity contribution >= 4 is 11.6 Å². The van der Waals surface area contributed by atoms with Crippen LogP contribution in [0.25, 0.3) is 11.5 Å². The number of nitro groups is 1. The standard InChI is InChI=1S/C22H29N5O4/c1-16(21-23-24-22(31-21)18-7-9-19(10-8-18)27(29)30)25-11-13-26(14-12-25)20(28)15-17-5-3-2-4-6-17/h7-10,16-17H,2-6,11-15H2,1H3. The molecule has 2 fully saturated rings. The largest absolute Gasteiger partial charge is 0.419 e. The number of nitrogens with zero attached hydrogens (tertiary/aromatic N) is 5. The van der Waals surface area contributed by atoms with Crippen molar-refractivity contribution in [1.82, 2.24) is 20.0 Å². The third-order valence-electron chi connectivity index (χ3n) is 6.53. The third kappa shape index (κ3) is 5.10. The van der Waals surface area contributed by atoms with Crippen LogP contribution in [-0.2, 0) is 4.79 Å². The maximum absolute atomic E-state index is 12.7. The van der Waals surface area contributed by atoms with Crippen molar-refractivity contribution in [3.8, 4) is 11.5 Å². The van der Waals surface area contributed by atoms with E-state index in [2.05, 4.69) is 15.1 Å². The molecule has 166 valence electrons. The summed E-state index contributed by atoms with van der Waals surface area (Å²) in [6.45, 7) is 5.00. The highest BCUT2D eigenvalue weighted by Crippen LogP contribution is 2.28. The summed E-state index contributed by atoms with van der Waals surface area (Å²) in [6, 6.07) is 6.00. The predicted octanol–water partition coefficient (Wildman–Crippen LogP) is 3.82. The first kappa shape index (κ1) is 21.4. The highest BCUT2D eigenvalue weighted by Gasteiger charge is 2.29. The average molecular weight is 428 g/mol. The minimum absolute atomic E-state index is 0.0211. The maximum atomic E-state index is 12.7. The molecule has 9 nitrogen and oxygen atoms in total. The Morgan fingerprint density at radius 1 is 1.13 bits per heavy atom. The molecule has 2 aliphatic rings. The molecule has 9 heteroatoms. The van der Waals surface area contributed by atoms with Gasteiger partial charge in [-0.2, -0.15) is 0 Å². The second kappa shape index (κ2) is 9.55. The molecular formula is C22H29N5O4. The lowest BCUT2D eigenvalue weighted by molar-refractivity contribution is -0.384. The van der Waals surface area contributed by atoms with Crippen LogP contribution >= 0.6 is 0 Å². The van der Waals surface area contributed by atoms with E-state index in [1.165, 1.54) is 44.2 Å². The lowest BCUT2D eigenvalue weighted by Crippen LogP contribution is -2.49. The fraction of sp³-hybridized carbons (Fsp3) is 0.591. The van der Waals surface area contributed by atoms with Crippen LogP contribution in [0, 0.1) is 16.0 Å². The van der Waals surface area contributed by atoms with E-state index >= 15 is 0 Å². The van der Waals surface area contributed by atoms with Crippen LogP contribution < -0.4 is 0 Å². The topological polar surface area (TPSA) is 106 Å². The van der Waals surface area contributed by atoms with Crippen LogP contribution in [0.2, 0.25) is 0 Å². The number of hydrogen-bond acceptors (Lipinski definition) is 7. The first-order chi connectivity index (χ1) is 15.0. The molecule has 0 bridgehead atoms. The number of non-ortho nitro benzene ring substituents is 1. The molecule has 1 saturated carbocycles. The normalized spacial score (nSPS) is 19.3. The van der Waals surface area contributed by atoms with E-state index in [0.717, 1.165) is 26.2 Å². The number of nitro benzene ring substituents is 1. The third-order valence-corrected chi connectivity index (χ3v) is 6.53. The summed E-state index contributed by atoms with van der Waals surface area (Å²) >= 11 is 0. The second-order valence-electron chi connectivity index (χ2n) is 8.55. The minimum Gasteiger partial charge on any atom is -0.419 e. The van der Waals surface area contributed by atoms with E-state index in [0.29, 0.717) is 29.7 Å². The summed E-state index contributed by atoms with van der Waals surface area (Å²) in [5, 5.41) is 19.1. The number of piperazine rings is 1. The number of amides is 1. The Bertz CT molecular complexity index is 899. The number of benzene rings is 1. The van der Waals surface area contributed by atoms with Gasteiger partial charge in [-0.1, -0.05) is 19.3 Å². The molecule has 4 rings (SSSR count). The molecule has 0 spiro atoms. The van der Waals surface area contributed by atoms with Crippen molar-refractivity contribution in [1.29, 1.82) is 0 Å². The fourth-order valence-electron chi connectivity index (χ4n) is 4.53. The molecule has 1 aromatic heterocycles. The van der Waals surface area contributed by atoms with Gasteiger partial charge < -0.3 is 9.32 Å². The Labute approximate surface area is 181 Å². The Hall–Kier alpha value is -2.81. The molecule has 1 saturated heterocycles. The van der Waals surface area contributed by atoms with Crippen LogP contribution in [0.4, 0.5) is 5.69 Å². The van der Waals surface area contributed by atoms with E-state index in [9.17, 15) is 14.9 Å². The van der Waals surface area contributed by atoms with Crippen LogP contribution in [-0.4, -0.2) is 57.0 Å². The summed E-state index contributed by atoms with van der Waals surface area (Å²) in [5.74, 6) is 1.71. The van der Waals surface area contributed by atoms with Gasteiger partial charge in [-0.05, 0) is 37.8 Å². The van der Waals surface area contributed by atoms with E-state index in [1.807, 2.05) is 11.8 Å². The van der Waals surface area contributed by atoms with Gasteiger partial charge in [0.2, 0.25) is 17.7 Å². The first-order valence-electron chi connectivity index (χ1n) is 11.1. The zero-order valence-electron chi connectivity index (χ0n) is 17.9. The molecule has 2 aromatic rings. The van der Waals surface area contributed by atoms with Crippen LogP contribution in [0.3, 0.4) is 0 Å². The summed E-state index contributed by atoms with van der Waals surface area (Å²) in [5.41, 5.74) is 0.669. The first-order valence-corrected chi connectivity index (χ1v) is 11.1. The SMILES string of the molecule is CC(c1nnc(-c2ccc([N+](=O)[O-])cc2)o1)N1CCN(C(=O)CC2CCCCC2)CC1. The monoisotopic (exact) mass is 427 g/mol. The summed E-state index contributed by atoms with van der Waals surface area (Å²) in [6.07, 6.45) is 6.90. The van der Waals surface area contributed by atoms with Crippen molar-refractivity contribution in [2.24, 2.45) is 5.92 Å². The highest BCUT2D eigenvalue weighted by atomic mass is 16.6. The van der Waals surface area contributed by atoms with Gasteiger partial charge in [0, 0.05) is 50.3 Å². The fourth-order valence-corrected chi connectivity index (χ4v) is 4.53. The van der Waals surface area contributed by atoms with Gasteiger partial charge in [-0.3, -0.25) is 19.8 Å². The highest BCUT2D eigenvalue weighted by molar-refractivity contribution is 5.76. The lowest BCUT2D eigenvalue weighted by Gasteiger charge is -2.37. The molecule has 1 aliphatic heterocycles. The van der Waals surface area contributed by atoms with E-state index in [1.54, 1.807) is 12.1 Å². The lowest BCUT2D eigenvalue weighted by atomic mass is 9.86. The Morgan fingerprint density at radius 2 is 1.81 bits per heavy atom. The molecule has 1 unspecified atom stereocenters. The van der Waals surface area contributed by atoms with Gasteiger partial charge in [-0.15, -0.1) is 10.2 Å². The van der Waals surface area contributed by atoms with Crippen LogP contribution in [0.1, 0.15) is 57.4 Å². The molecule has 31 heavy (non-hydrogen) atoms. The van der Waals surface area contributed by atoms with Gasteiger partial charge in [0.05, 0.1) is 11.0 Å².